The normalized spacial score (nSPS) is 11.3. The lowest BCUT2D eigenvalue weighted by Gasteiger charge is -2.10. The maximum atomic E-state index is 13.3. The quantitative estimate of drug-likeness (QED) is 0.362. The predicted octanol–water partition coefficient (Wildman–Crippen LogP) is 6.27. The molecule has 0 saturated heterocycles. The molecule has 2 aromatic heterocycles. The fraction of sp³-hybridized carbons (Fsp3) is 0. The van der Waals surface area contributed by atoms with Gasteiger partial charge >= 0.3 is 0 Å². The van der Waals surface area contributed by atoms with Crippen LogP contribution in [0, 0.1) is 5.82 Å². The molecule has 0 aliphatic rings. The van der Waals surface area contributed by atoms with Crippen molar-refractivity contribution in [3.8, 4) is 16.8 Å². The van der Waals surface area contributed by atoms with Crippen LogP contribution in [0.4, 0.5) is 4.39 Å². The van der Waals surface area contributed by atoms with Gasteiger partial charge in [-0.2, -0.15) is 0 Å². The molecule has 0 unspecified atom stereocenters. The molecule has 3 aromatic carbocycles. The second-order valence-electron chi connectivity index (χ2n) is 6.46. The summed E-state index contributed by atoms with van der Waals surface area (Å²) in [5.41, 5.74) is 5.20. The summed E-state index contributed by atoms with van der Waals surface area (Å²) >= 11 is 4.81. The second kappa shape index (κ2) is 6.25. The molecule has 0 N–H and O–H groups in total. The number of aromatic nitrogens is 2. The Labute approximate surface area is 161 Å². The minimum atomic E-state index is -0.236. The van der Waals surface area contributed by atoms with Crippen molar-refractivity contribution in [3.05, 3.63) is 91.0 Å². The Morgan fingerprint density at radius 1 is 0.778 bits per heavy atom. The Morgan fingerprint density at radius 2 is 1.52 bits per heavy atom. The molecule has 2 heterocycles. The van der Waals surface area contributed by atoms with Gasteiger partial charge in [-0.05, 0) is 53.6 Å². The van der Waals surface area contributed by atoms with Crippen molar-refractivity contribution >= 4 is 34.4 Å². The predicted molar refractivity (Wildman–Crippen MR) is 111 cm³/mol. The van der Waals surface area contributed by atoms with E-state index in [0.717, 1.165) is 43.5 Å². The van der Waals surface area contributed by atoms with E-state index in [9.17, 15) is 4.39 Å². The first-order chi connectivity index (χ1) is 13.2. The summed E-state index contributed by atoms with van der Waals surface area (Å²) in [4.78, 5) is 5.01. The van der Waals surface area contributed by atoms with Crippen LogP contribution >= 0.6 is 12.6 Å². The smallest absolute Gasteiger partial charge is 0.123 e. The molecule has 5 rings (SSSR count). The van der Waals surface area contributed by atoms with E-state index in [0.29, 0.717) is 0 Å². The van der Waals surface area contributed by atoms with Crippen molar-refractivity contribution < 1.29 is 4.39 Å². The van der Waals surface area contributed by atoms with Crippen LogP contribution in [0.1, 0.15) is 0 Å². The van der Waals surface area contributed by atoms with Crippen LogP contribution in [0.3, 0.4) is 0 Å². The highest BCUT2D eigenvalue weighted by Gasteiger charge is 2.15. The molecule has 4 heteroatoms. The Kier molecular flexibility index (Phi) is 3.73. The van der Waals surface area contributed by atoms with E-state index in [2.05, 4.69) is 27.8 Å². The summed E-state index contributed by atoms with van der Waals surface area (Å²) in [6.45, 7) is 0. The molecule has 0 saturated carbocycles. The van der Waals surface area contributed by atoms with Crippen molar-refractivity contribution in [2.75, 3.05) is 0 Å². The molecule has 0 radical (unpaired) electrons. The zero-order valence-corrected chi connectivity index (χ0v) is 15.2. The monoisotopic (exact) mass is 370 g/mol. The molecular weight excluding hydrogens is 355 g/mol. The first-order valence-electron chi connectivity index (χ1n) is 8.65. The highest BCUT2D eigenvalue weighted by Crippen LogP contribution is 2.38. The van der Waals surface area contributed by atoms with Crippen molar-refractivity contribution in [2.45, 2.75) is 4.90 Å². The summed E-state index contributed by atoms with van der Waals surface area (Å²) in [6, 6.07) is 23.1. The molecule has 27 heavy (non-hydrogen) atoms. The van der Waals surface area contributed by atoms with Crippen molar-refractivity contribution in [3.63, 3.8) is 0 Å². The van der Waals surface area contributed by atoms with Crippen LogP contribution in [-0.2, 0) is 0 Å². The highest BCUT2D eigenvalue weighted by molar-refractivity contribution is 7.80. The van der Waals surface area contributed by atoms with E-state index in [1.54, 1.807) is 24.5 Å². The fourth-order valence-corrected chi connectivity index (χ4v) is 4.01. The fourth-order valence-electron chi connectivity index (χ4n) is 3.65. The first-order valence-corrected chi connectivity index (χ1v) is 9.09. The lowest BCUT2D eigenvalue weighted by Crippen LogP contribution is -1.94. The van der Waals surface area contributed by atoms with Crippen LogP contribution in [-0.4, -0.2) is 9.55 Å². The number of hydrogen-bond acceptors (Lipinski definition) is 2. The number of benzene rings is 3. The zero-order valence-electron chi connectivity index (χ0n) is 14.3. The largest absolute Gasteiger partial charge is 0.308 e. The van der Waals surface area contributed by atoms with Gasteiger partial charge in [0.05, 0.1) is 11.0 Å². The molecule has 5 aromatic rings. The molecule has 0 fully saturated rings. The topological polar surface area (TPSA) is 17.8 Å². The zero-order chi connectivity index (χ0) is 18.4. The van der Waals surface area contributed by atoms with E-state index in [-0.39, 0.29) is 5.82 Å². The first kappa shape index (κ1) is 16.1. The average Bonchev–Trinajstić information content (AvgIpc) is 3.04. The van der Waals surface area contributed by atoms with Crippen LogP contribution < -0.4 is 0 Å². The van der Waals surface area contributed by atoms with E-state index < -0.39 is 0 Å². The van der Waals surface area contributed by atoms with Crippen molar-refractivity contribution in [1.29, 1.82) is 0 Å². The van der Waals surface area contributed by atoms with Gasteiger partial charge in [0.1, 0.15) is 5.82 Å². The Balaban J connectivity index is 1.87. The lowest BCUT2D eigenvalue weighted by atomic mass is 10.0. The van der Waals surface area contributed by atoms with Gasteiger partial charge in [0.25, 0.3) is 0 Å². The molecule has 0 aliphatic heterocycles. The van der Waals surface area contributed by atoms with Gasteiger partial charge in [0.15, 0.2) is 0 Å². The van der Waals surface area contributed by atoms with Crippen LogP contribution in [0.25, 0.3) is 38.6 Å². The molecule has 0 spiro atoms. The van der Waals surface area contributed by atoms with Gasteiger partial charge in [-0.1, -0.05) is 30.3 Å². The third-order valence-corrected chi connectivity index (χ3v) is 5.19. The van der Waals surface area contributed by atoms with E-state index in [4.69, 9.17) is 12.6 Å². The van der Waals surface area contributed by atoms with Crippen LogP contribution in [0.15, 0.2) is 90.1 Å². The number of fused-ring (bicyclic) bond motifs is 3. The van der Waals surface area contributed by atoms with Gasteiger partial charge < -0.3 is 4.57 Å². The van der Waals surface area contributed by atoms with Gasteiger partial charge in [0, 0.05) is 33.7 Å². The van der Waals surface area contributed by atoms with E-state index in [1.807, 2.05) is 30.3 Å². The van der Waals surface area contributed by atoms with Crippen molar-refractivity contribution in [2.24, 2.45) is 0 Å². The molecule has 0 amide bonds. The number of nitrogens with zero attached hydrogens (tertiary/aromatic N) is 2. The van der Waals surface area contributed by atoms with Crippen molar-refractivity contribution in [1.82, 2.24) is 9.55 Å². The standard InChI is InChI=1S/C23H15FN2S/c24-17-7-5-15(6-8-17)16-13-20-19-3-1-2-4-21(19)26(23(20)22(27)14-16)18-9-11-25-12-10-18/h1-14,27H. The molecule has 0 aliphatic carbocycles. The highest BCUT2D eigenvalue weighted by atomic mass is 32.1. The van der Waals surface area contributed by atoms with E-state index >= 15 is 0 Å². The Bertz CT molecular complexity index is 1280. The van der Waals surface area contributed by atoms with Crippen LogP contribution in [0.5, 0.6) is 0 Å². The summed E-state index contributed by atoms with van der Waals surface area (Å²) in [5, 5.41) is 2.28. The Hall–Kier alpha value is -3.11. The third-order valence-electron chi connectivity index (χ3n) is 4.85. The number of hydrogen-bond donors (Lipinski definition) is 1. The SMILES string of the molecule is Fc1ccc(-c2cc(S)c3c(c2)c2ccccc2n3-c2ccncc2)cc1. The molecular formula is C23H15FN2S. The maximum Gasteiger partial charge on any atom is 0.123 e. The number of pyridine rings is 1. The number of rotatable bonds is 2. The van der Waals surface area contributed by atoms with E-state index in [1.165, 1.54) is 12.1 Å². The molecule has 0 atom stereocenters. The summed E-state index contributed by atoms with van der Waals surface area (Å²) in [7, 11) is 0. The third kappa shape index (κ3) is 2.61. The molecule has 2 nitrogen and oxygen atoms in total. The minimum Gasteiger partial charge on any atom is -0.308 e. The summed E-state index contributed by atoms with van der Waals surface area (Å²) in [5.74, 6) is -0.236. The summed E-state index contributed by atoms with van der Waals surface area (Å²) < 4.78 is 15.5. The van der Waals surface area contributed by atoms with Gasteiger partial charge in [-0.3, -0.25) is 4.98 Å². The number of thiol groups is 1. The van der Waals surface area contributed by atoms with Gasteiger partial charge in [-0.25, -0.2) is 4.39 Å². The maximum absolute atomic E-state index is 13.3. The van der Waals surface area contributed by atoms with Gasteiger partial charge in [-0.15, -0.1) is 12.6 Å². The van der Waals surface area contributed by atoms with Crippen LogP contribution in [0.2, 0.25) is 0 Å². The molecule has 130 valence electrons. The number of para-hydroxylation sites is 1. The second-order valence-corrected chi connectivity index (χ2v) is 6.94. The number of halogens is 1. The minimum absolute atomic E-state index is 0.236. The van der Waals surface area contributed by atoms with Gasteiger partial charge in [0.2, 0.25) is 0 Å². The lowest BCUT2D eigenvalue weighted by molar-refractivity contribution is 0.628. The average molecular weight is 370 g/mol. The Morgan fingerprint density at radius 3 is 2.30 bits per heavy atom. The summed E-state index contributed by atoms with van der Waals surface area (Å²) in [6.07, 6.45) is 3.59. The molecule has 0 bridgehead atoms.